The third kappa shape index (κ3) is 5.92. The van der Waals surface area contributed by atoms with Crippen LogP contribution < -0.4 is 9.47 Å². The van der Waals surface area contributed by atoms with Gasteiger partial charge in [0.15, 0.2) is 0 Å². The second-order valence-corrected chi connectivity index (χ2v) is 6.97. The lowest BCUT2D eigenvalue weighted by Crippen LogP contribution is -2.10. The van der Waals surface area contributed by atoms with Crippen LogP contribution in [-0.4, -0.2) is 23.9 Å². The second kappa shape index (κ2) is 10.4. The van der Waals surface area contributed by atoms with Gasteiger partial charge in [0, 0.05) is 17.8 Å². The van der Waals surface area contributed by atoms with E-state index in [0.29, 0.717) is 34.7 Å². The Morgan fingerprint density at radius 3 is 2.55 bits per heavy atom. The van der Waals surface area contributed by atoms with E-state index in [2.05, 4.69) is 11.9 Å². The molecule has 0 amide bonds. The quantitative estimate of drug-likeness (QED) is 0.210. The molecule has 0 bridgehead atoms. The van der Waals surface area contributed by atoms with Crippen LogP contribution in [0.5, 0.6) is 17.2 Å². The van der Waals surface area contributed by atoms with Gasteiger partial charge in [-0.3, -0.25) is 4.99 Å². The molecule has 0 aromatic heterocycles. The van der Waals surface area contributed by atoms with Crippen molar-refractivity contribution in [3.63, 3.8) is 0 Å². The van der Waals surface area contributed by atoms with Crippen molar-refractivity contribution in [2.45, 2.75) is 26.7 Å². The predicted molar refractivity (Wildman–Crippen MR) is 118 cm³/mol. The lowest BCUT2D eigenvalue weighted by atomic mass is 10.1. The minimum atomic E-state index is -0.558. The van der Waals surface area contributed by atoms with E-state index in [1.807, 2.05) is 0 Å². The molecule has 0 fully saturated rings. The van der Waals surface area contributed by atoms with Gasteiger partial charge in [-0.15, -0.1) is 0 Å². The first-order chi connectivity index (χ1) is 15.0. The molecule has 6 heteroatoms. The molecule has 31 heavy (non-hydrogen) atoms. The molecule has 0 heterocycles. The van der Waals surface area contributed by atoms with Gasteiger partial charge in [-0.25, -0.2) is 9.18 Å². The van der Waals surface area contributed by atoms with Crippen LogP contribution in [0.2, 0.25) is 0 Å². The van der Waals surface area contributed by atoms with Gasteiger partial charge in [-0.1, -0.05) is 19.4 Å². The highest BCUT2D eigenvalue weighted by Crippen LogP contribution is 2.26. The number of aromatic hydroxyl groups is 1. The van der Waals surface area contributed by atoms with Gasteiger partial charge in [-0.05, 0) is 67.4 Å². The van der Waals surface area contributed by atoms with Crippen molar-refractivity contribution in [3.05, 3.63) is 83.2 Å². The highest BCUT2D eigenvalue weighted by atomic mass is 19.1. The van der Waals surface area contributed by atoms with Crippen LogP contribution in [-0.2, 0) is 0 Å². The van der Waals surface area contributed by atoms with Gasteiger partial charge >= 0.3 is 5.97 Å². The maximum atomic E-state index is 13.0. The van der Waals surface area contributed by atoms with Crippen LogP contribution in [0, 0.1) is 12.7 Å². The van der Waals surface area contributed by atoms with Crippen LogP contribution in [0.1, 0.15) is 41.3 Å². The molecule has 0 aliphatic heterocycles. The summed E-state index contributed by atoms with van der Waals surface area (Å²) in [6.45, 7) is 4.45. The molecule has 0 spiro atoms. The number of aliphatic imine (C=N–C) groups is 1. The Hall–Kier alpha value is -3.67. The largest absolute Gasteiger partial charge is 0.507 e. The number of phenolic OH excluding ortho intramolecular Hbond substituents is 1. The zero-order chi connectivity index (χ0) is 22.2. The molecule has 0 atom stereocenters. The summed E-state index contributed by atoms with van der Waals surface area (Å²) in [4.78, 5) is 16.9. The zero-order valence-electron chi connectivity index (χ0n) is 17.5. The number of carbonyl (C=O) groups is 1. The summed E-state index contributed by atoms with van der Waals surface area (Å²) in [6.07, 6.45) is 3.51. The van der Waals surface area contributed by atoms with Crippen molar-refractivity contribution in [1.29, 1.82) is 0 Å². The topological polar surface area (TPSA) is 68.1 Å². The molecule has 0 aliphatic rings. The third-order valence-corrected chi connectivity index (χ3v) is 4.66. The van der Waals surface area contributed by atoms with E-state index >= 15 is 0 Å². The molecule has 1 N–H and O–H groups in total. The van der Waals surface area contributed by atoms with E-state index in [0.717, 1.165) is 12.8 Å². The molecule has 5 nitrogen and oxygen atoms in total. The molecular formula is C25H24FNO4. The van der Waals surface area contributed by atoms with E-state index in [-0.39, 0.29) is 11.5 Å². The molecule has 0 unspecified atom stereocenters. The Morgan fingerprint density at radius 1 is 1.10 bits per heavy atom. The number of hydrogen-bond donors (Lipinski definition) is 1. The molecule has 0 saturated carbocycles. The van der Waals surface area contributed by atoms with Gasteiger partial charge in [0.1, 0.15) is 23.1 Å². The van der Waals surface area contributed by atoms with Crippen LogP contribution in [0.4, 0.5) is 10.1 Å². The number of phenols is 1. The van der Waals surface area contributed by atoms with E-state index < -0.39 is 11.8 Å². The van der Waals surface area contributed by atoms with E-state index in [9.17, 15) is 14.3 Å². The SMILES string of the molecule is CCCCOc1ccc(C=Nc2cccc(C(=O)Oc3ccc(F)cc3)c2C)c(O)c1. The van der Waals surface area contributed by atoms with Crippen LogP contribution in [0.25, 0.3) is 0 Å². The first-order valence-electron chi connectivity index (χ1n) is 10.0. The predicted octanol–water partition coefficient (Wildman–Crippen LogP) is 5.99. The average Bonchev–Trinajstić information content (AvgIpc) is 2.76. The average molecular weight is 421 g/mol. The first-order valence-corrected chi connectivity index (χ1v) is 10.0. The normalized spacial score (nSPS) is 10.9. The van der Waals surface area contributed by atoms with Crippen molar-refractivity contribution in [1.82, 2.24) is 0 Å². The van der Waals surface area contributed by atoms with E-state index in [1.54, 1.807) is 43.3 Å². The summed E-state index contributed by atoms with van der Waals surface area (Å²) in [6, 6.07) is 15.4. The standard InChI is InChI=1S/C25H24FNO4/c1-3-4-14-30-21-11-8-18(24(28)15-21)16-27-23-7-5-6-22(17(23)2)25(29)31-20-12-9-19(26)10-13-20/h5-13,15-16,28H,3-4,14H2,1-2H3. The van der Waals surface area contributed by atoms with E-state index in [4.69, 9.17) is 9.47 Å². The highest BCUT2D eigenvalue weighted by Gasteiger charge is 2.14. The van der Waals surface area contributed by atoms with Crippen LogP contribution >= 0.6 is 0 Å². The number of rotatable bonds is 8. The second-order valence-electron chi connectivity index (χ2n) is 6.97. The van der Waals surface area contributed by atoms with Crippen LogP contribution in [0.15, 0.2) is 65.7 Å². The number of halogens is 1. The fourth-order valence-electron chi connectivity index (χ4n) is 2.84. The number of hydrogen-bond acceptors (Lipinski definition) is 5. The summed E-state index contributed by atoms with van der Waals surface area (Å²) < 4.78 is 23.9. The number of nitrogens with zero attached hydrogens (tertiary/aromatic N) is 1. The number of carbonyl (C=O) groups excluding carboxylic acids is 1. The Bertz CT molecular complexity index is 1080. The smallest absolute Gasteiger partial charge is 0.343 e. The molecule has 160 valence electrons. The van der Waals surface area contributed by atoms with Crippen molar-refractivity contribution < 1.29 is 23.8 Å². The van der Waals surface area contributed by atoms with Gasteiger partial charge in [-0.2, -0.15) is 0 Å². The Kier molecular flexibility index (Phi) is 7.38. The van der Waals surface area contributed by atoms with Crippen molar-refractivity contribution in [3.8, 4) is 17.2 Å². The van der Waals surface area contributed by atoms with Crippen molar-refractivity contribution in [2.24, 2.45) is 4.99 Å². The Balaban J connectivity index is 1.74. The number of esters is 1. The van der Waals surface area contributed by atoms with Gasteiger partial charge in [0.25, 0.3) is 0 Å². The minimum Gasteiger partial charge on any atom is -0.507 e. The molecule has 0 aliphatic carbocycles. The van der Waals surface area contributed by atoms with Crippen molar-refractivity contribution >= 4 is 17.9 Å². The number of benzene rings is 3. The number of unbranched alkanes of at least 4 members (excludes halogenated alkanes) is 1. The molecule has 0 radical (unpaired) electrons. The summed E-state index contributed by atoms with van der Waals surface area (Å²) in [7, 11) is 0. The maximum Gasteiger partial charge on any atom is 0.343 e. The fourth-order valence-corrected chi connectivity index (χ4v) is 2.84. The molecule has 0 saturated heterocycles. The fraction of sp³-hybridized carbons (Fsp3) is 0.200. The van der Waals surface area contributed by atoms with Crippen molar-refractivity contribution in [2.75, 3.05) is 6.61 Å². The van der Waals surface area contributed by atoms with E-state index in [1.165, 1.54) is 30.5 Å². The monoisotopic (exact) mass is 421 g/mol. The van der Waals surface area contributed by atoms with Crippen LogP contribution in [0.3, 0.4) is 0 Å². The Morgan fingerprint density at radius 2 is 1.84 bits per heavy atom. The molecular weight excluding hydrogens is 397 g/mol. The first kappa shape index (κ1) is 22.0. The summed E-state index contributed by atoms with van der Waals surface area (Å²) in [5, 5.41) is 10.2. The lowest BCUT2D eigenvalue weighted by Gasteiger charge is -2.09. The molecule has 3 aromatic rings. The maximum absolute atomic E-state index is 13.0. The summed E-state index contributed by atoms with van der Waals surface area (Å²) in [5.74, 6) is -0.0494. The highest BCUT2D eigenvalue weighted by molar-refractivity contribution is 5.94. The molecule has 3 aromatic carbocycles. The van der Waals surface area contributed by atoms with Gasteiger partial charge in [0.2, 0.25) is 0 Å². The zero-order valence-corrected chi connectivity index (χ0v) is 17.5. The summed E-state index contributed by atoms with van der Waals surface area (Å²) in [5.41, 5.74) is 2.07. The summed E-state index contributed by atoms with van der Waals surface area (Å²) >= 11 is 0. The number of ether oxygens (including phenoxy) is 2. The van der Waals surface area contributed by atoms with Gasteiger partial charge < -0.3 is 14.6 Å². The molecule has 3 rings (SSSR count). The Labute approximate surface area is 180 Å². The van der Waals surface area contributed by atoms with Gasteiger partial charge in [0.05, 0.1) is 17.9 Å². The lowest BCUT2D eigenvalue weighted by molar-refractivity contribution is 0.0734. The third-order valence-electron chi connectivity index (χ3n) is 4.66. The minimum absolute atomic E-state index is 0.0577.